The van der Waals surface area contributed by atoms with Gasteiger partial charge in [-0.15, -0.1) is 0 Å². The van der Waals surface area contributed by atoms with E-state index in [2.05, 4.69) is 40.0 Å². The van der Waals surface area contributed by atoms with Gasteiger partial charge in [-0.05, 0) is 71.2 Å². The minimum atomic E-state index is -0.0701. The lowest BCUT2D eigenvalue weighted by molar-refractivity contribution is -0.124. The number of halogens is 1. The van der Waals surface area contributed by atoms with E-state index >= 15 is 0 Å². The predicted molar refractivity (Wildman–Crippen MR) is 94.7 cm³/mol. The van der Waals surface area contributed by atoms with Crippen LogP contribution in [0.5, 0.6) is 5.75 Å². The molecular formula is C18H18INO2. The molecular weight excluding hydrogens is 389 g/mol. The van der Waals surface area contributed by atoms with Crippen LogP contribution in [-0.4, -0.2) is 12.5 Å². The van der Waals surface area contributed by atoms with E-state index in [9.17, 15) is 4.79 Å². The average Bonchev–Trinajstić information content (AvgIpc) is 3.38. The van der Waals surface area contributed by atoms with Gasteiger partial charge in [0.2, 0.25) is 0 Å². The quantitative estimate of drug-likeness (QED) is 0.737. The zero-order valence-electron chi connectivity index (χ0n) is 12.2. The number of benzene rings is 2. The monoisotopic (exact) mass is 407 g/mol. The van der Waals surface area contributed by atoms with Crippen LogP contribution < -0.4 is 10.1 Å². The summed E-state index contributed by atoms with van der Waals surface area (Å²) in [5.41, 5.74) is 1.17. The Morgan fingerprint density at radius 2 is 1.82 bits per heavy atom. The summed E-state index contributed by atoms with van der Waals surface area (Å²) in [7, 11) is 0. The fraction of sp³-hybridized carbons (Fsp3) is 0.278. The molecule has 1 unspecified atom stereocenters. The minimum absolute atomic E-state index is 0.0522. The largest absolute Gasteiger partial charge is 0.484 e. The number of amides is 1. The van der Waals surface area contributed by atoms with E-state index in [4.69, 9.17) is 4.74 Å². The molecule has 1 aliphatic carbocycles. The maximum absolute atomic E-state index is 12.2. The molecule has 0 aromatic heterocycles. The Bertz CT molecular complexity index is 623. The van der Waals surface area contributed by atoms with Crippen LogP contribution in [-0.2, 0) is 4.79 Å². The van der Waals surface area contributed by atoms with Crippen LogP contribution in [0.4, 0.5) is 0 Å². The topological polar surface area (TPSA) is 38.3 Å². The van der Waals surface area contributed by atoms with Gasteiger partial charge in [-0.1, -0.05) is 30.3 Å². The molecule has 1 atom stereocenters. The minimum Gasteiger partial charge on any atom is -0.484 e. The number of nitrogens with one attached hydrogen (secondary N) is 1. The molecule has 3 rings (SSSR count). The standard InChI is InChI=1S/C18H18INO2/c19-15-8-10-16(11-9-15)22-12-17(21)20-18(14-6-7-14)13-4-2-1-3-5-13/h1-5,8-11,14,18H,6-7,12H2,(H,20,21). The van der Waals surface area contributed by atoms with Crippen molar-refractivity contribution in [2.45, 2.75) is 18.9 Å². The van der Waals surface area contributed by atoms with Gasteiger partial charge in [0.25, 0.3) is 5.91 Å². The Morgan fingerprint density at radius 1 is 1.14 bits per heavy atom. The van der Waals surface area contributed by atoms with E-state index in [1.807, 2.05) is 42.5 Å². The number of rotatable bonds is 6. The maximum atomic E-state index is 12.2. The van der Waals surface area contributed by atoms with Gasteiger partial charge in [-0.2, -0.15) is 0 Å². The second-order valence-electron chi connectivity index (χ2n) is 5.54. The first-order chi connectivity index (χ1) is 10.7. The summed E-state index contributed by atoms with van der Waals surface area (Å²) < 4.78 is 6.69. The fourth-order valence-corrected chi connectivity index (χ4v) is 2.82. The van der Waals surface area contributed by atoms with Crippen molar-refractivity contribution in [1.29, 1.82) is 0 Å². The molecule has 0 aliphatic heterocycles. The van der Waals surface area contributed by atoms with Crippen LogP contribution in [0.15, 0.2) is 54.6 Å². The first-order valence-electron chi connectivity index (χ1n) is 7.45. The molecule has 0 spiro atoms. The van der Waals surface area contributed by atoms with Crippen molar-refractivity contribution < 1.29 is 9.53 Å². The zero-order chi connectivity index (χ0) is 15.4. The number of ether oxygens (including phenoxy) is 1. The maximum Gasteiger partial charge on any atom is 0.258 e. The third-order valence-corrected chi connectivity index (χ3v) is 4.47. The van der Waals surface area contributed by atoms with Gasteiger partial charge in [0.05, 0.1) is 6.04 Å². The molecule has 1 N–H and O–H groups in total. The first-order valence-corrected chi connectivity index (χ1v) is 8.53. The summed E-state index contributed by atoms with van der Waals surface area (Å²) in [5, 5.41) is 3.11. The van der Waals surface area contributed by atoms with Gasteiger partial charge in [0.15, 0.2) is 6.61 Å². The zero-order valence-corrected chi connectivity index (χ0v) is 14.3. The summed E-state index contributed by atoms with van der Waals surface area (Å²) in [6, 6.07) is 18.0. The number of carbonyl (C=O) groups excluding carboxylic acids is 1. The normalized spacial score (nSPS) is 15.1. The molecule has 1 aliphatic rings. The van der Waals surface area contributed by atoms with Crippen LogP contribution in [0.2, 0.25) is 0 Å². The highest BCUT2D eigenvalue weighted by molar-refractivity contribution is 14.1. The van der Waals surface area contributed by atoms with Crippen molar-refractivity contribution in [1.82, 2.24) is 5.32 Å². The number of carbonyl (C=O) groups is 1. The summed E-state index contributed by atoms with van der Waals surface area (Å²) in [4.78, 5) is 12.2. The molecule has 114 valence electrons. The highest BCUT2D eigenvalue weighted by atomic mass is 127. The van der Waals surface area contributed by atoms with Crippen molar-refractivity contribution in [3.8, 4) is 5.75 Å². The van der Waals surface area contributed by atoms with Gasteiger partial charge < -0.3 is 10.1 Å². The lowest BCUT2D eigenvalue weighted by Gasteiger charge is -2.19. The van der Waals surface area contributed by atoms with E-state index in [1.54, 1.807) is 0 Å². The lowest BCUT2D eigenvalue weighted by atomic mass is 10.0. The van der Waals surface area contributed by atoms with E-state index in [0.717, 1.165) is 9.32 Å². The lowest BCUT2D eigenvalue weighted by Crippen LogP contribution is -2.33. The van der Waals surface area contributed by atoms with Gasteiger partial charge in [0, 0.05) is 3.57 Å². The fourth-order valence-electron chi connectivity index (χ4n) is 2.46. The van der Waals surface area contributed by atoms with Crippen LogP contribution in [0.3, 0.4) is 0 Å². The Morgan fingerprint density at radius 3 is 2.45 bits per heavy atom. The molecule has 1 amide bonds. The molecule has 0 radical (unpaired) electrons. The van der Waals surface area contributed by atoms with Crippen LogP contribution >= 0.6 is 22.6 Å². The molecule has 1 fully saturated rings. The average molecular weight is 407 g/mol. The molecule has 2 aromatic rings. The third-order valence-electron chi connectivity index (χ3n) is 3.75. The summed E-state index contributed by atoms with van der Waals surface area (Å²) in [5.74, 6) is 1.21. The van der Waals surface area contributed by atoms with Gasteiger partial charge in [-0.3, -0.25) is 4.79 Å². The highest BCUT2D eigenvalue weighted by Gasteiger charge is 2.33. The van der Waals surface area contributed by atoms with Crippen molar-refractivity contribution in [3.05, 3.63) is 63.7 Å². The summed E-state index contributed by atoms with van der Waals surface area (Å²) >= 11 is 2.24. The number of hydrogen-bond donors (Lipinski definition) is 1. The molecule has 22 heavy (non-hydrogen) atoms. The molecule has 4 heteroatoms. The Balaban J connectivity index is 1.56. The molecule has 0 saturated heterocycles. The van der Waals surface area contributed by atoms with Crippen molar-refractivity contribution in [2.75, 3.05) is 6.61 Å². The van der Waals surface area contributed by atoms with Crippen molar-refractivity contribution in [3.63, 3.8) is 0 Å². The highest BCUT2D eigenvalue weighted by Crippen LogP contribution is 2.40. The molecule has 2 aromatic carbocycles. The van der Waals surface area contributed by atoms with Crippen LogP contribution in [0.1, 0.15) is 24.4 Å². The molecule has 0 heterocycles. The Kier molecular flexibility index (Phi) is 4.97. The summed E-state index contributed by atoms with van der Waals surface area (Å²) in [6.07, 6.45) is 2.36. The van der Waals surface area contributed by atoms with Crippen LogP contribution in [0.25, 0.3) is 0 Å². The van der Waals surface area contributed by atoms with Gasteiger partial charge >= 0.3 is 0 Å². The first kappa shape index (κ1) is 15.3. The third kappa shape index (κ3) is 4.22. The predicted octanol–water partition coefficient (Wildman–Crippen LogP) is 3.94. The Labute approximate surface area is 144 Å². The second kappa shape index (κ2) is 7.13. The Hall–Kier alpha value is -1.56. The van der Waals surface area contributed by atoms with Crippen molar-refractivity contribution >= 4 is 28.5 Å². The SMILES string of the molecule is O=C(COc1ccc(I)cc1)NC(c1ccccc1)C1CC1. The van der Waals surface area contributed by atoms with E-state index in [1.165, 1.54) is 18.4 Å². The molecule has 1 saturated carbocycles. The van der Waals surface area contributed by atoms with E-state index < -0.39 is 0 Å². The van der Waals surface area contributed by atoms with Gasteiger partial charge in [0.1, 0.15) is 5.75 Å². The van der Waals surface area contributed by atoms with Crippen LogP contribution in [0, 0.1) is 9.49 Å². The van der Waals surface area contributed by atoms with E-state index in [0.29, 0.717) is 5.92 Å². The van der Waals surface area contributed by atoms with Crippen molar-refractivity contribution in [2.24, 2.45) is 5.92 Å². The van der Waals surface area contributed by atoms with Gasteiger partial charge in [-0.25, -0.2) is 0 Å². The smallest absolute Gasteiger partial charge is 0.258 e. The van der Waals surface area contributed by atoms with E-state index in [-0.39, 0.29) is 18.6 Å². The number of hydrogen-bond acceptors (Lipinski definition) is 2. The molecule has 3 nitrogen and oxygen atoms in total. The molecule has 0 bridgehead atoms. The summed E-state index contributed by atoms with van der Waals surface area (Å²) in [6.45, 7) is 0.0522. The second-order valence-corrected chi connectivity index (χ2v) is 6.78.